The molecule has 0 fully saturated rings. The van der Waals surface area contributed by atoms with Crippen molar-refractivity contribution in [3.8, 4) is 0 Å². The number of aryl methyl sites for hydroxylation is 2. The van der Waals surface area contributed by atoms with Gasteiger partial charge in [-0.3, -0.25) is 15.6 Å². The van der Waals surface area contributed by atoms with E-state index in [4.69, 9.17) is 11.6 Å². The van der Waals surface area contributed by atoms with Crippen molar-refractivity contribution < 1.29 is 4.79 Å². The molecule has 0 unspecified atom stereocenters. The number of hydrogen-bond donors (Lipinski definition) is 2. The lowest BCUT2D eigenvalue weighted by molar-refractivity contribution is -0.119. The van der Waals surface area contributed by atoms with E-state index in [1.54, 1.807) is 6.07 Å². The fourth-order valence-electron chi connectivity index (χ4n) is 1.77. The van der Waals surface area contributed by atoms with Gasteiger partial charge in [-0.25, -0.2) is 9.97 Å². The van der Waals surface area contributed by atoms with Crippen LogP contribution in [0.5, 0.6) is 0 Å². The third-order valence-electron chi connectivity index (χ3n) is 2.60. The lowest BCUT2D eigenvalue weighted by Crippen LogP contribution is -2.31. The fraction of sp³-hybridized carbons (Fsp3) is 0.214. The number of hydrazine groups is 1. The van der Waals surface area contributed by atoms with Gasteiger partial charge in [0, 0.05) is 16.4 Å². The summed E-state index contributed by atoms with van der Waals surface area (Å²) in [6.07, 6.45) is 0.192. The molecule has 104 valence electrons. The molecule has 20 heavy (non-hydrogen) atoms. The minimum Gasteiger partial charge on any atom is -0.273 e. The minimum atomic E-state index is -0.208. The maximum absolute atomic E-state index is 11.8. The Morgan fingerprint density at radius 2 is 1.85 bits per heavy atom. The van der Waals surface area contributed by atoms with Crippen LogP contribution in [0.4, 0.5) is 5.95 Å². The van der Waals surface area contributed by atoms with Crippen molar-refractivity contribution in [2.75, 3.05) is 5.43 Å². The number of rotatable bonds is 4. The molecule has 1 amide bonds. The molecule has 0 saturated carbocycles. The summed E-state index contributed by atoms with van der Waals surface area (Å²) in [4.78, 5) is 20.2. The highest BCUT2D eigenvalue weighted by atomic mass is 35.5. The zero-order chi connectivity index (χ0) is 14.5. The highest BCUT2D eigenvalue weighted by Crippen LogP contribution is 2.15. The summed E-state index contributed by atoms with van der Waals surface area (Å²) in [6, 6.07) is 9.09. The molecule has 0 bridgehead atoms. The Labute approximate surface area is 122 Å². The van der Waals surface area contributed by atoms with Gasteiger partial charge < -0.3 is 0 Å². The maximum atomic E-state index is 11.8. The molecule has 0 aliphatic carbocycles. The van der Waals surface area contributed by atoms with E-state index < -0.39 is 0 Å². The molecule has 1 aromatic carbocycles. The van der Waals surface area contributed by atoms with Gasteiger partial charge in [-0.15, -0.1) is 0 Å². The number of halogens is 1. The van der Waals surface area contributed by atoms with Gasteiger partial charge in [0.25, 0.3) is 0 Å². The Hall–Kier alpha value is -2.14. The average molecular weight is 291 g/mol. The predicted octanol–water partition coefficient (Wildman–Crippen LogP) is 2.43. The molecule has 2 rings (SSSR count). The third kappa shape index (κ3) is 3.93. The zero-order valence-corrected chi connectivity index (χ0v) is 12.0. The largest absolute Gasteiger partial charge is 0.273 e. The van der Waals surface area contributed by atoms with Crippen molar-refractivity contribution >= 4 is 23.5 Å². The monoisotopic (exact) mass is 290 g/mol. The van der Waals surface area contributed by atoms with Gasteiger partial charge in [0.2, 0.25) is 11.9 Å². The van der Waals surface area contributed by atoms with E-state index in [1.165, 1.54) is 0 Å². The predicted molar refractivity (Wildman–Crippen MR) is 78.4 cm³/mol. The number of aromatic nitrogens is 2. The quantitative estimate of drug-likeness (QED) is 0.849. The molecule has 2 N–H and O–H groups in total. The van der Waals surface area contributed by atoms with Crippen molar-refractivity contribution in [3.05, 3.63) is 52.3 Å². The van der Waals surface area contributed by atoms with E-state index in [9.17, 15) is 4.79 Å². The van der Waals surface area contributed by atoms with Crippen LogP contribution in [-0.4, -0.2) is 15.9 Å². The fourth-order valence-corrected chi connectivity index (χ4v) is 1.97. The Balaban J connectivity index is 1.94. The van der Waals surface area contributed by atoms with Crippen LogP contribution < -0.4 is 10.9 Å². The summed E-state index contributed by atoms with van der Waals surface area (Å²) in [7, 11) is 0. The number of anilines is 1. The van der Waals surface area contributed by atoms with Gasteiger partial charge in [0.1, 0.15) is 0 Å². The molecule has 5 nitrogen and oxygen atoms in total. The number of nitrogens with one attached hydrogen (secondary N) is 2. The third-order valence-corrected chi connectivity index (χ3v) is 2.97. The average Bonchev–Trinajstić information content (AvgIpc) is 2.38. The van der Waals surface area contributed by atoms with Crippen LogP contribution in [0.1, 0.15) is 17.0 Å². The first-order chi connectivity index (χ1) is 9.54. The normalized spacial score (nSPS) is 10.2. The van der Waals surface area contributed by atoms with Crippen molar-refractivity contribution in [2.45, 2.75) is 20.3 Å². The SMILES string of the molecule is Cc1cc(C)nc(NNC(=O)Cc2ccccc2Cl)n1. The first kappa shape index (κ1) is 14.3. The molecule has 1 heterocycles. The molecule has 2 aromatic rings. The van der Waals surface area contributed by atoms with Crippen molar-refractivity contribution in [1.82, 2.24) is 15.4 Å². The summed E-state index contributed by atoms with van der Waals surface area (Å²) >= 11 is 6.00. The van der Waals surface area contributed by atoms with Gasteiger partial charge in [-0.1, -0.05) is 29.8 Å². The summed E-state index contributed by atoms with van der Waals surface area (Å²) < 4.78 is 0. The van der Waals surface area contributed by atoms with E-state index in [0.29, 0.717) is 11.0 Å². The lowest BCUT2D eigenvalue weighted by Gasteiger charge is -2.09. The van der Waals surface area contributed by atoms with Gasteiger partial charge in [0.15, 0.2) is 0 Å². The summed E-state index contributed by atoms with van der Waals surface area (Å²) in [5, 5.41) is 0.574. The molecule has 0 aliphatic heterocycles. The molecule has 6 heteroatoms. The number of carbonyl (C=O) groups excluding carboxylic acids is 1. The second-order valence-corrected chi connectivity index (χ2v) is 4.82. The maximum Gasteiger partial charge on any atom is 0.242 e. The Bertz CT molecular complexity index is 610. The molecular formula is C14H15ClN4O. The molecule has 0 aliphatic rings. The van der Waals surface area contributed by atoms with Crippen LogP contribution in [0.15, 0.2) is 30.3 Å². The molecule has 0 saturated heterocycles. The Kier molecular flexibility index (Phi) is 4.53. The lowest BCUT2D eigenvalue weighted by atomic mass is 10.1. The van der Waals surface area contributed by atoms with E-state index in [2.05, 4.69) is 20.8 Å². The molecule has 0 radical (unpaired) electrons. The zero-order valence-electron chi connectivity index (χ0n) is 11.3. The molecule has 0 atom stereocenters. The van der Waals surface area contributed by atoms with Crippen LogP contribution in [-0.2, 0) is 11.2 Å². The van der Waals surface area contributed by atoms with Gasteiger partial charge in [0.05, 0.1) is 6.42 Å². The smallest absolute Gasteiger partial charge is 0.242 e. The van der Waals surface area contributed by atoms with Crippen LogP contribution in [0.3, 0.4) is 0 Å². The minimum absolute atomic E-state index is 0.192. The van der Waals surface area contributed by atoms with Gasteiger partial charge >= 0.3 is 0 Å². The van der Waals surface area contributed by atoms with Crippen LogP contribution >= 0.6 is 11.6 Å². The first-order valence-electron chi connectivity index (χ1n) is 6.15. The van der Waals surface area contributed by atoms with E-state index in [0.717, 1.165) is 17.0 Å². The number of carbonyl (C=O) groups is 1. The van der Waals surface area contributed by atoms with Crippen molar-refractivity contribution in [2.24, 2.45) is 0 Å². The molecule has 1 aromatic heterocycles. The van der Waals surface area contributed by atoms with Crippen LogP contribution in [0.25, 0.3) is 0 Å². The Morgan fingerprint density at radius 1 is 1.20 bits per heavy atom. The second kappa shape index (κ2) is 6.34. The summed E-state index contributed by atoms with van der Waals surface area (Å²) in [5.74, 6) is 0.163. The standard InChI is InChI=1S/C14H15ClN4O/c1-9-7-10(2)17-14(16-9)19-18-13(20)8-11-5-3-4-6-12(11)15/h3-7H,8H2,1-2H3,(H,18,20)(H,16,17,19). The number of nitrogens with zero attached hydrogens (tertiary/aromatic N) is 2. The number of amides is 1. The highest BCUT2D eigenvalue weighted by Gasteiger charge is 2.07. The van der Waals surface area contributed by atoms with E-state index in [-0.39, 0.29) is 12.3 Å². The molecule has 0 spiro atoms. The molecular weight excluding hydrogens is 276 g/mol. The number of hydrogen-bond acceptors (Lipinski definition) is 4. The van der Waals surface area contributed by atoms with E-state index in [1.807, 2.05) is 38.1 Å². The first-order valence-corrected chi connectivity index (χ1v) is 6.53. The van der Waals surface area contributed by atoms with Crippen LogP contribution in [0.2, 0.25) is 5.02 Å². The van der Waals surface area contributed by atoms with Crippen molar-refractivity contribution in [1.29, 1.82) is 0 Å². The Morgan fingerprint density at radius 3 is 2.50 bits per heavy atom. The van der Waals surface area contributed by atoms with E-state index >= 15 is 0 Å². The summed E-state index contributed by atoms with van der Waals surface area (Å²) in [5.41, 5.74) is 7.70. The number of benzene rings is 1. The van der Waals surface area contributed by atoms with Crippen LogP contribution in [0, 0.1) is 13.8 Å². The highest BCUT2D eigenvalue weighted by molar-refractivity contribution is 6.31. The second-order valence-electron chi connectivity index (χ2n) is 4.42. The van der Waals surface area contributed by atoms with Crippen molar-refractivity contribution in [3.63, 3.8) is 0 Å². The summed E-state index contributed by atoms with van der Waals surface area (Å²) in [6.45, 7) is 3.73. The topological polar surface area (TPSA) is 66.9 Å². The van der Waals surface area contributed by atoms with Gasteiger partial charge in [-0.05, 0) is 31.5 Å². The van der Waals surface area contributed by atoms with Gasteiger partial charge in [-0.2, -0.15) is 0 Å².